The van der Waals surface area contributed by atoms with Crippen molar-refractivity contribution in [2.75, 3.05) is 17.3 Å². The van der Waals surface area contributed by atoms with E-state index in [-0.39, 0.29) is 11.8 Å². The Morgan fingerprint density at radius 1 is 1.24 bits per heavy atom. The average molecular weight is 426 g/mol. The maximum absolute atomic E-state index is 12.4. The molecule has 0 aliphatic rings. The maximum atomic E-state index is 12.4. The molecular formula is C18H18BrClN2O3. The van der Waals surface area contributed by atoms with Gasteiger partial charge in [-0.2, -0.15) is 0 Å². The monoisotopic (exact) mass is 424 g/mol. The minimum absolute atomic E-state index is 0.0900. The summed E-state index contributed by atoms with van der Waals surface area (Å²) in [6, 6.07) is 12.1. The first-order valence-electron chi connectivity index (χ1n) is 7.55. The van der Waals surface area contributed by atoms with E-state index in [4.69, 9.17) is 16.3 Å². The lowest BCUT2D eigenvalue weighted by molar-refractivity contribution is -0.122. The number of nitrogens with zero attached hydrogens (tertiary/aromatic N) is 1. The summed E-state index contributed by atoms with van der Waals surface area (Å²) in [4.78, 5) is 25.3. The van der Waals surface area contributed by atoms with Crippen LogP contribution in [0.4, 0.5) is 11.4 Å². The molecule has 0 fully saturated rings. The van der Waals surface area contributed by atoms with Crippen molar-refractivity contribution in [3.05, 3.63) is 52.0 Å². The summed E-state index contributed by atoms with van der Waals surface area (Å²) in [5.74, 6) is 0.134. The Bertz CT molecular complexity index is 798. The Labute approximate surface area is 160 Å². The van der Waals surface area contributed by atoms with Crippen molar-refractivity contribution in [1.82, 2.24) is 0 Å². The summed E-state index contributed by atoms with van der Waals surface area (Å²) in [7, 11) is 1.67. The van der Waals surface area contributed by atoms with Gasteiger partial charge in [0.05, 0.1) is 4.47 Å². The average Bonchev–Trinajstić information content (AvgIpc) is 2.56. The second-order valence-electron chi connectivity index (χ2n) is 5.45. The van der Waals surface area contributed by atoms with Gasteiger partial charge in [0.2, 0.25) is 5.91 Å². The van der Waals surface area contributed by atoms with E-state index in [1.807, 2.05) is 0 Å². The van der Waals surface area contributed by atoms with Crippen LogP contribution in [-0.4, -0.2) is 25.0 Å². The highest BCUT2D eigenvalue weighted by Crippen LogP contribution is 2.29. The molecule has 0 saturated carbocycles. The van der Waals surface area contributed by atoms with E-state index < -0.39 is 6.10 Å². The molecule has 1 atom stereocenters. The minimum atomic E-state index is -0.716. The number of rotatable bonds is 5. The molecule has 7 heteroatoms. The third-order valence-corrected chi connectivity index (χ3v) is 4.40. The SMILES string of the molecule is CC(=O)N(C)c1cccc(NC(=O)C(C)Oc2ccc(Cl)cc2Br)c1. The number of carbonyl (C=O) groups is 2. The Morgan fingerprint density at radius 2 is 1.96 bits per heavy atom. The summed E-state index contributed by atoms with van der Waals surface area (Å²) < 4.78 is 6.34. The predicted octanol–water partition coefficient (Wildman–Crippen LogP) is 4.49. The smallest absolute Gasteiger partial charge is 0.265 e. The molecule has 0 aliphatic heterocycles. The van der Waals surface area contributed by atoms with Crippen LogP contribution < -0.4 is 15.0 Å². The van der Waals surface area contributed by atoms with Crippen molar-refractivity contribution in [3.63, 3.8) is 0 Å². The number of amides is 2. The number of benzene rings is 2. The summed E-state index contributed by atoms with van der Waals surface area (Å²) in [6.07, 6.45) is -0.716. The quantitative estimate of drug-likeness (QED) is 0.768. The van der Waals surface area contributed by atoms with Crippen LogP contribution >= 0.6 is 27.5 Å². The first-order valence-corrected chi connectivity index (χ1v) is 8.72. The van der Waals surface area contributed by atoms with Crippen LogP contribution in [0.2, 0.25) is 5.02 Å². The van der Waals surface area contributed by atoms with Crippen LogP contribution in [0.1, 0.15) is 13.8 Å². The molecule has 25 heavy (non-hydrogen) atoms. The number of hydrogen-bond donors (Lipinski definition) is 1. The molecule has 0 radical (unpaired) electrons. The molecule has 2 aromatic carbocycles. The van der Waals surface area contributed by atoms with E-state index in [0.29, 0.717) is 26.6 Å². The highest BCUT2D eigenvalue weighted by molar-refractivity contribution is 9.10. The molecule has 0 spiro atoms. The van der Waals surface area contributed by atoms with E-state index in [0.717, 1.165) is 0 Å². The molecule has 0 aromatic heterocycles. The van der Waals surface area contributed by atoms with Crippen LogP contribution in [0, 0.1) is 0 Å². The van der Waals surface area contributed by atoms with Crippen molar-refractivity contribution in [3.8, 4) is 5.75 Å². The maximum Gasteiger partial charge on any atom is 0.265 e. The lowest BCUT2D eigenvalue weighted by Gasteiger charge is -2.18. The number of anilines is 2. The zero-order chi connectivity index (χ0) is 18.6. The summed E-state index contributed by atoms with van der Waals surface area (Å²) >= 11 is 9.25. The number of halogens is 2. The van der Waals surface area contributed by atoms with Gasteiger partial charge in [-0.3, -0.25) is 9.59 Å². The van der Waals surface area contributed by atoms with Gasteiger partial charge < -0.3 is 15.0 Å². The zero-order valence-corrected chi connectivity index (χ0v) is 16.4. The number of hydrogen-bond acceptors (Lipinski definition) is 3. The molecule has 5 nitrogen and oxygen atoms in total. The third-order valence-electron chi connectivity index (χ3n) is 3.54. The molecule has 0 saturated heterocycles. The molecule has 0 bridgehead atoms. The van der Waals surface area contributed by atoms with E-state index in [1.165, 1.54) is 11.8 Å². The van der Waals surface area contributed by atoms with Crippen LogP contribution in [-0.2, 0) is 9.59 Å². The topological polar surface area (TPSA) is 58.6 Å². The lowest BCUT2D eigenvalue weighted by atomic mass is 10.2. The number of carbonyl (C=O) groups excluding carboxylic acids is 2. The zero-order valence-electron chi connectivity index (χ0n) is 14.0. The predicted molar refractivity (Wildman–Crippen MR) is 103 cm³/mol. The van der Waals surface area contributed by atoms with Crippen molar-refractivity contribution in [2.24, 2.45) is 0 Å². The van der Waals surface area contributed by atoms with Gasteiger partial charge in [0.25, 0.3) is 5.91 Å². The van der Waals surface area contributed by atoms with Gasteiger partial charge in [0.15, 0.2) is 6.10 Å². The molecule has 0 aliphatic carbocycles. The Morgan fingerprint density at radius 3 is 2.60 bits per heavy atom. The number of nitrogens with one attached hydrogen (secondary N) is 1. The Kier molecular flexibility index (Phi) is 6.45. The van der Waals surface area contributed by atoms with Crippen molar-refractivity contribution < 1.29 is 14.3 Å². The molecule has 2 amide bonds. The Balaban J connectivity index is 2.06. The summed E-state index contributed by atoms with van der Waals surface area (Å²) in [5.41, 5.74) is 1.28. The van der Waals surface area contributed by atoms with Crippen LogP contribution in [0.3, 0.4) is 0 Å². The van der Waals surface area contributed by atoms with E-state index in [9.17, 15) is 9.59 Å². The van der Waals surface area contributed by atoms with Crippen molar-refractivity contribution in [2.45, 2.75) is 20.0 Å². The molecule has 0 heterocycles. The normalized spacial score (nSPS) is 11.6. The van der Waals surface area contributed by atoms with Crippen molar-refractivity contribution >= 4 is 50.7 Å². The largest absolute Gasteiger partial charge is 0.480 e. The van der Waals surface area contributed by atoms with E-state index in [2.05, 4.69) is 21.2 Å². The van der Waals surface area contributed by atoms with Gasteiger partial charge in [-0.05, 0) is 59.3 Å². The fourth-order valence-corrected chi connectivity index (χ4v) is 2.81. The highest BCUT2D eigenvalue weighted by Gasteiger charge is 2.17. The molecule has 2 rings (SSSR count). The van der Waals surface area contributed by atoms with Gasteiger partial charge in [0, 0.05) is 30.4 Å². The molecule has 1 N–H and O–H groups in total. The Hall–Kier alpha value is -2.05. The first kappa shape index (κ1) is 19.3. The third kappa shape index (κ3) is 5.21. The van der Waals surface area contributed by atoms with E-state index in [1.54, 1.807) is 56.4 Å². The lowest BCUT2D eigenvalue weighted by Crippen LogP contribution is -2.30. The highest BCUT2D eigenvalue weighted by atomic mass is 79.9. The molecular weight excluding hydrogens is 408 g/mol. The van der Waals surface area contributed by atoms with Gasteiger partial charge in [-0.25, -0.2) is 0 Å². The van der Waals surface area contributed by atoms with E-state index >= 15 is 0 Å². The van der Waals surface area contributed by atoms with Crippen LogP contribution in [0.15, 0.2) is 46.9 Å². The van der Waals surface area contributed by atoms with Gasteiger partial charge in [-0.1, -0.05) is 17.7 Å². The second kappa shape index (κ2) is 8.36. The molecule has 132 valence electrons. The fourth-order valence-electron chi connectivity index (χ4n) is 2.03. The molecule has 1 unspecified atom stereocenters. The standard InChI is InChI=1S/C18H18BrClN2O3/c1-11(25-17-8-7-13(20)9-16(17)19)18(24)21-14-5-4-6-15(10-14)22(3)12(2)23/h4-11H,1-3H3,(H,21,24). The minimum Gasteiger partial charge on any atom is -0.480 e. The summed E-state index contributed by atoms with van der Waals surface area (Å²) in [6.45, 7) is 3.13. The molecule has 2 aromatic rings. The van der Waals surface area contributed by atoms with Gasteiger partial charge in [-0.15, -0.1) is 0 Å². The van der Waals surface area contributed by atoms with Crippen molar-refractivity contribution in [1.29, 1.82) is 0 Å². The second-order valence-corrected chi connectivity index (χ2v) is 6.74. The number of ether oxygens (including phenoxy) is 1. The van der Waals surface area contributed by atoms with Crippen LogP contribution in [0.25, 0.3) is 0 Å². The summed E-state index contributed by atoms with van der Waals surface area (Å²) in [5, 5.41) is 3.36. The van der Waals surface area contributed by atoms with Crippen LogP contribution in [0.5, 0.6) is 5.75 Å². The fraction of sp³-hybridized carbons (Fsp3) is 0.222. The van der Waals surface area contributed by atoms with Gasteiger partial charge in [0.1, 0.15) is 5.75 Å². The van der Waals surface area contributed by atoms with Gasteiger partial charge >= 0.3 is 0 Å². The first-order chi connectivity index (χ1) is 11.8.